The normalized spacial score (nSPS) is 14.4. The Hall–Kier alpha value is -11.5. The number of rotatable bonds is 51. The Morgan fingerprint density at radius 3 is 1.59 bits per heavy atom. The number of benzene rings is 1. The van der Waals surface area contributed by atoms with Crippen molar-refractivity contribution in [2.24, 2.45) is 23.1 Å². The van der Waals surface area contributed by atoms with Crippen LogP contribution in [0, 0.1) is 5.92 Å². The second-order valence-corrected chi connectivity index (χ2v) is 24.3. The molecule has 582 valence electrons. The van der Waals surface area contributed by atoms with Crippen LogP contribution in [0.2, 0.25) is 0 Å². The van der Waals surface area contributed by atoms with E-state index in [0.717, 1.165) is 14.0 Å². The van der Waals surface area contributed by atoms with Gasteiger partial charge in [0.15, 0.2) is 6.10 Å². The molecule has 24 N–H and O–H groups in total. The Kier molecular flexibility index (Phi) is 38.8. The van der Waals surface area contributed by atoms with E-state index in [0.29, 0.717) is 21.4 Å². The molecule has 15 amide bonds. The van der Waals surface area contributed by atoms with Crippen molar-refractivity contribution in [3.63, 3.8) is 0 Å². The third-order valence-electron chi connectivity index (χ3n) is 15.2. The van der Waals surface area contributed by atoms with Crippen molar-refractivity contribution in [3.05, 3.63) is 36.0 Å². The first-order chi connectivity index (χ1) is 49.3. The predicted molar refractivity (Wildman–Crippen MR) is 359 cm³/mol. The molecule has 2 aromatic rings. The Labute approximate surface area is 599 Å². The highest BCUT2D eigenvalue weighted by Gasteiger charge is 2.40. The Balaban J connectivity index is 2.32. The number of carbonyl (C=O) groups is 19. The molecule has 0 spiro atoms. The molecule has 1 heterocycles. The largest absolute Gasteiger partial charge is 0.481 e. The number of aromatic amines is 1. The summed E-state index contributed by atoms with van der Waals surface area (Å²) in [5, 5.41) is 76.0. The molecule has 12 atom stereocenters. The maximum absolute atomic E-state index is 14.2. The first kappa shape index (κ1) is 89.6. The second kappa shape index (κ2) is 45.5. The molecule has 0 aliphatic carbocycles. The molecule has 43 heteroatoms. The van der Waals surface area contributed by atoms with Crippen LogP contribution in [0.4, 0.5) is 0 Å². The summed E-state index contributed by atoms with van der Waals surface area (Å²) in [6.07, 6.45) is -8.18. The average molecular weight is 1490 g/mol. The van der Waals surface area contributed by atoms with Crippen LogP contribution in [0.15, 0.2) is 30.5 Å². The number of para-hydroxylation sites is 1. The standard InChI is InChI=1S/C62H93N17O26/c1-29(2)23-67-53(93)36(14-16-46(85)86)73-57(97)39(20-42(64)81)71-44(83)25-68-60(100)50(51(91)62(102)103)78-55(95)35(13-9-10-18-63)72-58(98)41(22-48(89)90)75-52(92)30(3)70-45(84)26-79(5)61(101)49(31(4)105-28-104-6)77-59(99)40(21-43(65)82)76-54(94)37(15-17-47(87)88)74-56(96)38(69-27-80)19-32-24-66-34-12-8-7-11-33(32)34/h7-8,11-12,24,27,29-31,35-41,49-51,66,91H,9-10,13-23,25-26,28,63H2,1-6H3,(H2,64,81)(H2,65,82)(H,67,93)(H,68,100)(H,69,80)(H,70,84)(H,71,83)(H,72,98)(H,73,97)(H,74,96)(H,75,92)(H,76,94)(H,77,99)(H,78,95)(H,85,86)(H,87,88)(H,89,90)(H,102,103). The summed E-state index contributed by atoms with van der Waals surface area (Å²) >= 11 is 0. The quantitative estimate of drug-likeness (QED) is 0.0166. The van der Waals surface area contributed by atoms with E-state index in [1.165, 1.54) is 14.0 Å². The molecule has 0 aliphatic heterocycles. The maximum atomic E-state index is 14.2. The number of nitrogens with zero attached hydrogens (tertiary/aromatic N) is 1. The lowest BCUT2D eigenvalue weighted by Crippen LogP contribution is -2.61. The number of aromatic nitrogens is 1. The molecule has 2 rings (SSSR count). The molecule has 1 aromatic heterocycles. The zero-order valence-electron chi connectivity index (χ0n) is 58.3. The molecule has 0 bridgehead atoms. The number of ether oxygens (including phenoxy) is 2. The molecule has 0 saturated carbocycles. The van der Waals surface area contributed by atoms with Crippen LogP contribution in [0.1, 0.15) is 97.5 Å². The summed E-state index contributed by atoms with van der Waals surface area (Å²) in [6.45, 7) is 3.29. The van der Waals surface area contributed by atoms with Gasteiger partial charge in [0.2, 0.25) is 89.1 Å². The number of H-pyrrole nitrogens is 1. The smallest absolute Gasteiger partial charge is 0.335 e. The van der Waals surface area contributed by atoms with E-state index in [9.17, 15) is 117 Å². The van der Waals surface area contributed by atoms with Crippen molar-refractivity contribution in [1.29, 1.82) is 0 Å². The summed E-state index contributed by atoms with van der Waals surface area (Å²) < 4.78 is 10.4. The topological polar surface area (TPSA) is 685 Å². The summed E-state index contributed by atoms with van der Waals surface area (Å²) in [6, 6.07) is -11.4. The van der Waals surface area contributed by atoms with Crippen LogP contribution in [-0.2, 0) is 107 Å². The van der Waals surface area contributed by atoms with Crippen molar-refractivity contribution in [1.82, 2.24) is 73.7 Å². The van der Waals surface area contributed by atoms with Crippen LogP contribution in [-0.4, -0.2) is 268 Å². The number of carboxylic acid groups (broad SMARTS) is 4. The summed E-state index contributed by atoms with van der Waals surface area (Å²) in [5.41, 5.74) is 17.6. The lowest BCUT2D eigenvalue weighted by atomic mass is 10.0. The Bertz CT molecular complexity index is 3440. The number of unbranched alkanes of at least 4 members (excludes halogenated alkanes) is 1. The number of aliphatic hydroxyl groups is 1. The number of nitrogens with two attached hydrogens (primary N) is 3. The van der Waals surface area contributed by atoms with Gasteiger partial charge in [-0.3, -0.25) is 86.3 Å². The number of fused-ring (bicyclic) bond motifs is 1. The van der Waals surface area contributed by atoms with Gasteiger partial charge in [0, 0.05) is 57.1 Å². The van der Waals surface area contributed by atoms with E-state index in [4.69, 9.17) is 26.7 Å². The van der Waals surface area contributed by atoms with E-state index in [1.54, 1.807) is 44.3 Å². The van der Waals surface area contributed by atoms with Crippen LogP contribution < -0.4 is 81.0 Å². The van der Waals surface area contributed by atoms with Gasteiger partial charge in [0.1, 0.15) is 67.2 Å². The van der Waals surface area contributed by atoms with Crippen LogP contribution >= 0.6 is 0 Å². The highest BCUT2D eigenvalue weighted by molar-refractivity contribution is 6.01. The highest BCUT2D eigenvalue weighted by atomic mass is 16.7. The van der Waals surface area contributed by atoms with Gasteiger partial charge in [-0.2, -0.15) is 0 Å². The first-order valence-electron chi connectivity index (χ1n) is 32.5. The number of hydrogen-bond donors (Lipinski definition) is 21. The molecule has 0 aliphatic rings. The van der Waals surface area contributed by atoms with Crippen LogP contribution in [0.3, 0.4) is 0 Å². The monoisotopic (exact) mass is 1490 g/mol. The zero-order valence-corrected chi connectivity index (χ0v) is 58.3. The Morgan fingerprint density at radius 1 is 0.562 bits per heavy atom. The fourth-order valence-corrected chi connectivity index (χ4v) is 9.68. The van der Waals surface area contributed by atoms with Crippen LogP contribution in [0.5, 0.6) is 0 Å². The van der Waals surface area contributed by atoms with Crippen molar-refractivity contribution < 1.29 is 126 Å². The number of amides is 15. The first-order valence-corrected chi connectivity index (χ1v) is 32.5. The minimum absolute atomic E-state index is 0.00325. The van der Waals surface area contributed by atoms with E-state index in [2.05, 4.69) is 58.2 Å². The zero-order chi connectivity index (χ0) is 79.4. The van der Waals surface area contributed by atoms with E-state index in [-0.39, 0.29) is 44.7 Å². The molecular weight excluding hydrogens is 1400 g/mol. The minimum Gasteiger partial charge on any atom is -0.481 e. The van der Waals surface area contributed by atoms with Gasteiger partial charge in [-0.1, -0.05) is 32.0 Å². The van der Waals surface area contributed by atoms with Gasteiger partial charge in [-0.05, 0) is 70.0 Å². The fraction of sp³-hybridized carbons (Fsp3) is 0.565. The summed E-state index contributed by atoms with van der Waals surface area (Å²) in [4.78, 5) is 251. The van der Waals surface area contributed by atoms with Gasteiger partial charge < -0.3 is 126 Å². The maximum Gasteiger partial charge on any atom is 0.335 e. The predicted octanol–water partition coefficient (Wildman–Crippen LogP) is -8.91. The van der Waals surface area contributed by atoms with E-state index < -0.39 is 250 Å². The van der Waals surface area contributed by atoms with Crippen LogP contribution in [0.25, 0.3) is 10.9 Å². The van der Waals surface area contributed by atoms with Gasteiger partial charge in [-0.25, -0.2) is 4.79 Å². The Morgan fingerprint density at radius 2 is 1.06 bits per heavy atom. The van der Waals surface area contributed by atoms with Crippen molar-refractivity contribution in [3.8, 4) is 0 Å². The average Bonchev–Trinajstić information content (AvgIpc) is 1.75. The molecule has 0 saturated heterocycles. The summed E-state index contributed by atoms with van der Waals surface area (Å²) in [5.74, 6) is -23.7. The van der Waals surface area contributed by atoms with Crippen molar-refractivity contribution in [2.75, 3.05) is 47.1 Å². The van der Waals surface area contributed by atoms with E-state index >= 15 is 0 Å². The lowest BCUT2D eigenvalue weighted by molar-refractivity contribution is -0.152. The summed E-state index contributed by atoms with van der Waals surface area (Å²) in [7, 11) is 2.25. The third kappa shape index (κ3) is 32.6. The van der Waals surface area contributed by atoms with Gasteiger partial charge >= 0.3 is 23.9 Å². The van der Waals surface area contributed by atoms with Gasteiger partial charge in [-0.15, -0.1) is 0 Å². The molecule has 0 fully saturated rings. The number of likely N-dealkylation sites (N-methyl/N-ethyl adjacent to an activating group) is 1. The lowest BCUT2D eigenvalue weighted by Gasteiger charge is -2.30. The van der Waals surface area contributed by atoms with E-state index in [1.807, 2.05) is 10.6 Å². The molecular formula is C62H93N17O26. The fourth-order valence-electron chi connectivity index (χ4n) is 9.68. The second-order valence-electron chi connectivity index (χ2n) is 24.3. The molecule has 105 heavy (non-hydrogen) atoms. The molecule has 43 nitrogen and oxygen atoms in total. The van der Waals surface area contributed by atoms with Gasteiger partial charge in [0.05, 0.1) is 38.5 Å². The number of methoxy groups -OCH3 is 1. The van der Waals surface area contributed by atoms with Crippen molar-refractivity contribution in [2.45, 2.75) is 171 Å². The molecule has 1 aromatic carbocycles. The SMILES string of the molecule is COCOC(C)C(NC(=O)C(CC(N)=O)NC(=O)C(CCC(=O)O)NC(=O)C(Cc1c[nH]c2ccccc12)NC=O)C(=O)N(C)CC(=O)NC(C)C(=O)NC(CC(=O)O)C(=O)NC(CCCCN)C(=O)NC(C(=O)NCC(=O)NC(CC(N)=O)C(=O)NC(CCC(=O)O)C(=O)NCC(C)C)C(O)C(=O)O. The third-order valence-corrected chi connectivity index (χ3v) is 15.2. The number of aliphatic carboxylic acids is 4. The number of carboxylic acids is 4. The highest BCUT2D eigenvalue weighted by Crippen LogP contribution is 2.20. The number of nitrogens with one attached hydrogen (secondary N) is 13. The number of carbonyl (C=O) groups excluding carboxylic acids is 15. The molecule has 12 unspecified atom stereocenters. The van der Waals surface area contributed by atoms with Crippen molar-refractivity contribution >= 4 is 124 Å². The number of aliphatic hydroxyl groups excluding tert-OH is 1. The minimum atomic E-state index is -2.81. The van der Waals surface area contributed by atoms with Gasteiger partial charge in [0.25, 0.3) is 0 Å². The molecule has 0 radical (unpaired) electrons. The number of hydrogen-bond acceptors (Lipinski definition) is 23. The number of primary amides is 2.